The van der Waals surface area contributed by atoms with Gasteiger partial charge in [-0.05, 0) is 31.7 Å². The van der Waals surface area contributed by atoms with Crippen molar-refractivity contribution in [2.24, 2.45) is 11.8 Å². The molecule has 3 nitrogen and oxygen atoms in total. The summed E-state index contributed by atoms with van der Waals surface area (Å²) < 4.78 is 11.3. The fourth-order valence-electron chi connectivity index (χ4n) is 1.77. The van der Waals surface area contributed by atoms with Crippen molar-refractivity contribution in [2.75, 3.05) is 0 Å². The Morgan fingerprint density at radius 3 is 2.33 bits per heavy atom. The number of hydrogen-bond donors (Lipinski definition) is 1. The van der Waals surface area contributed by atoms with Crippen molar-refractivity contribution in [3.63, 3.8) is 0 Å². The maximum Gasteiger partial charge on any atom is 0.318 e. The summed E-state index contributed by atoms with van der Waals surface area (Å²) in [5.41, 5.74) is -0.609. The molecule has 0 saturated carbocycles. The number of furan rings is 1. The summed E-state index contributed by atoms with van der Waals surface area (Å²) in [5.74, 6) is 2.95. The third-order valence-corrected chi connectivity index (χ3v) is 3.65. The van der Waals surface area contributed by atoms with Crippen LogP contribution in [0, 0.1) is 11.8 Å². The molecule has 0 bridgehead atoms. The topological polar surface area (TPSA) is 42.6 Å². The monoisotopic (exact) mass is 252 g/mol. The van der Waals surface area contributed by atoms with Crippen LogP contribution >= 0.6 is 0 Å². The van der Waals surface area contributed by atoms with Crippen LogP contribution in [0.15, 0.2) is 16.5 Å². The normalized spacial score (nSPS) is 15.6. The van der Waals surface area contributed by atoms with E-state index in [4.69, 9.17) is 14.2 Å². The smallest absolute Gasteiger partial charge is 0.318 e. The second kappa shape index (κ2) is 5.83. The average molecular weight is 252 g/mol. The summed E-state index contributed by atoms with van der Waals surface area (Å²) in [6, 6.07) is 3.79. The zero-order chi connectivity index (χ0) is 13.9. The van der Waals surface area contributed by atoms with Crippen molar-refractivity contribution in [3.8, 4) is 5.95 Å². The van der Waals surface area contributed by atoms with Crippen molar-refractivity contribution in [1.82, 2.24) is 0 Å². The molecule has 1 aromatic rings. The molecular formula is C14H25BO3. The van der Waals surface area contributed by atoms with Crippen LogP contribution in [0.25, 0.3) is 0 Å². The minimum absolute atomic E-state index is 0.0407. The Morgan fingerprint density at radius 1 is 1.22 bits per heavy atom. The summed E-state index contributed by atoms with van der Waals surface area (Å²) in [6.45, 7) is 12.5. The van der Waals surface area contributed by atoms with Crippen molar-refractivity contribution in [3.05, 3.63) is 17.9 Å². The van der Waals surface area contributed by atoms with Gasteiger partial charge in [-0.25, -0.2) is 0 Å². The van der Waals surface area contributed by atoms with Gasteiger partial charge in [0.05, 0.1) is 0 Å². The first-order valence-corrected chi connectivity index (χ1v) is 6.66. The largest absolute Gasteiger partial charge is 0.465 e. The van der Waals surface area contributed by atoms with E-state index in [1.807, 2.05) is 26.0 Å². The van der Waals surface area contributed by atoms with Gasteiger partial charge in [-0.3, -0.25) is 0 Å². The SMILES string of the molecule is CC(C)C(C)C(C)c1ccc(OC(C)(C)BO)o1. The molecule has 1 rings (SSSR count). The molecule has 0 aliphatic carbocycles. The molecule has 1 N–H and O–H groups in total. The van der Waals surface area contributed by atoms with E-state index in [9.17, 15) is 0 Å². The predicted molar refractivity (Wildman–Crippen MR) is 75.2 cm³/mol. The van der Waals surface area contributed by atoms with Crippen LogP contribution in [0.4, 0.5) is 0 Å². The molecule has 0 aliphatic heterocycles. The van der Waals surface area contributed by atoms with Gasteiger partial charge in [-0.15, -0.1) is 0 Å². The lowest BCUT2D eigenvalue weighted by atomic mass is 9.78. The summed E-state index contributed by atoms with van der Waals surface area (Å²) in [4.78, 5) is 0. The Bertz CT molecular complexity index is 371. The highest BCUT2D eigenvalue weighted by Crippen LogP contribution is 2.33. The van der Waals surface area contributed by atoms with E-state index < -0.39 is 5.50 Å². The third kappa shape index (κ3) is 3.80. The molecule has 2 unspecified atom stereocenters. The zero-order valence-electron chi connectivity index (χ0n) is 12.4. The molecule has 0 fully saturated rings. The van der Waals surface area contributed by atoms with E-state index in [2.05, 4.69) is 27.7 Å². The van der Waals surface area contributed by atoms with Crippen molar-refractivity contribution < 1.29 is 14.2 Å². The van der Waals surface area contributed by atoms with Gasteiger partial charge >= 0.3 is 7.48 Å². The lowest BCUT2D eigenvalue weighted by Crippen LogP contribution is -2.35. The summed E-state index contributed by atoms with van der Waals surface area (Å²) in [6.07, 6.45) is 0. The van der Waals surface area contributed by atoms with Crippen LogP contribution in [0.2, 0.25) is 0 Å². The molecular weight excluding hydrogens is 227 g/mol. The number of ether oxygens (including phenoxy) is 1. The van der Waals surface area contributed by atoms with Gasteiger partial charge in [0, 0.05) is 12.0 Å². The molecule has 102 valence electrons. The zero-order valence-corrected chi connectivity index (χ0v) is 12.4. The van der Waals surface area contributed by atoms with E-state index in [1.165, 1.54) is 0 Å². The Morgan fingerprint density at radius 2 is 1.83 bits per heavy atom. The molecule has 1 aromatic heterocycles. The average Bonchev–Trinajstić information content (AvgIpc) is 2.74. The first kappa shape index (κ1) is 15.2. The molecule has 0 aliphatic rings. The van der Waals surface area contributed by atoms with Crippen molar-refractivity contribution in [2.45, 2.75) is 53.0 Å². The maximum atomic E-state index is 9.17. The number of hydrogen-bond acceptors (Lipinski definition) is 3. The molecule has 2 atom stereocenters. The lowest BCUT2D eigenvalue weighted by Gasteiger charge is -2.22. The summed E-state index contributed by atoms with van der Waals surface area (Å²) >= 11 is 0. The molecule has 1 heterocycles. The van der Waals surface area contributed by atoms with Gasteiger partial charge < -0.3 is 14.2 Å². The van der Waals surface area contributed by atoms with Gasteiger partial charge in [0.25, 0.3) is 5.95 Å². The highest BCUT2D eigenvalue weighted by atomic mass is 16.6. The van der Waals surface area contributed by atoms with Crippen LogP contribution in [0.5, 0.6) is 5.95 Å². The number of rotatable bonds is 6. The lowest BCUT2D eigenvalue weighted by molar-refractivity contribution is 0.131. The van der Waals surface area contributed by atoms with Gasteiger partial charge in [-0.2, -0.15) is 0 Å². The van der Waals surface area contributed by atoms with E-state index >= 15 is 0 Å². The van der Waals surface area contributed by atoms with E-state index in [0.29, 0.717) is 23.7 Å². The Balaban J connectivity index is 2.74. The van der Waals surface area contributed by atoms with E-state index in [1.54, 1.807) is 0 Å². The molecule has 4 heteroatoms. The molecule has 18 heavy (non-hydrogen) atoms. The second-order valence-corrected chi connectivity index (χ2v) is 6.07. The van der Waals surface area contributed by atoms with Crippen LogP contribution in [-0.4, -0.2) is 18.0 Å². The third-order valence-electron chi connectivity index (χ3n) is 3.65. The minimum atomic E-state index is -0.609. The highest BCUT2D eigenvalue weighted by molar-refractivity contribution is 6.29. The predicted octanol–water partition coefficient (Wildman–Crippen LogP) is 3.13. The van der Waals surface area contributed by atoms with Crippen molar-refractivity contribution in [1.29, 1.82) is 0 Å². The quantitative estimate of drug-likeness (QED) is 0.791. The fourth-order valence-corrected chi connectivity index (χ4v) is 1.77. The molecule has 0 aromatic carbocycles. The van der Waals surface area contributed by atoms with E-state index in [0.717, 1.165) is 5.76 Å². The Kier molecular flexibility index (Phi) is 4.91. The highest BCUT2D eigenvalue weighted by Gasteiger charge is 2.24. The van der Waals surface area contributed by atoms with E-state index in [-0.39, 0.29) is 7.48 Å². The van der Waals surface area contributed by atoms with Gasteiger partial charge in [0.1, 0.15) is 11.3 Å². The van der Waals surface area contributed by atoms with Gasteiger partial charge in [0.2, 0.25) is 0 Å². The molecule has 0 amide bonds. The van der Waals surface area contributed by atoms with Crippen LogP contribution in [0.3, 0.4) is 0 Å². The Labute approximate surface area is 111 Å². The first-order valence-electron chi connectivity index (χ1n) is 6.66. The first-order chi connectivity index (χ1) is 8.26. The van der Waals surface area contributed by atoms with Crippen LogP contribution in [0.1, 0.15) is 53.2 Å². The maximum absolute atomic E-state index is 9.17. The Hall–Kier alpha value is -0.895. The molecule has 0 radical (unpaired) electrons. The van der Waals surface area contributed by atoms with Crippen LogP contribution < -0.4 is 4.74 Å². The van der Waals surface area contributed by atoms with Gasteiger partial charge in [-0.1, -0.05) is 27.7 Å². The second-order valence-electron chi connectivity index (χ2n) is 6.07. The van der Waals surface area contributed by atoms with Crippen molar-refractivity contribution >= 4 is 7.48 Å². The minimum Gasteiger partial charge on any atom is -0.465 e. The molecule has 0 spiro atoms. The summed E-state index contributed by atoms with van der Waals surface area (Å²) in [7, 11) is -0.0407. The van der Waals surface area contributed by atoms with Crippen LogP contribution in [-0.2, 0) is 0 Å². The van der Waals surface area contributed by atoms with Gasteiger partial charge in [0.15, 0.2) is 0 Å². The standard InChI is InChI=1S/C14H25BO3/c1-9(2)10(3)11(4)12-7-8-13(17-12)18-14(5,6)15-16/h7-11,15-16H,1-6H3. The molecule has 0 saturated heterocycles. The fraction of sp³-hybridized carbons (Fsp3) is 0.714. The summed E-state index contributed by atoms with van der Waals surface area (Å²) in [5, 5.41) is 9.17.